The van der Waals surface area contributed by atoms with Crippen LogP contribution in [0.15, 0.2) is 60.8 Å². The van der Waals surface area contributed by atoms with Crippen molar-refractivity contribution in [2.75, 3.05) is 5.32 Å². The van der Waals surface area contributed by atoms with E-state index in [0.717, 1.165) is 24.3 Å². The Hall–Kier alpha value is -4.56. The molecule has 5 aromatic rings. The lowest BCUT2D eigenvalue weighted by Crippen LogP contribution is -2.18. The van der Waals surface area contributed by atoms with E-state index in [9.17, 15) is 31.5 Å². The number of carbonyl (C=O) groups is 2. The molecule has 0 saturated carbocycles. The molecule has 41 heavy (non-hydrogen) atoms. The minimum atomic E-state index is -4.84. The predicted molar refractivity (Wildman–Crippen MR) is 141 cm³/mol. The molecule has 0 fully saturated rings. The lowest BCUT2D eigenvalue weighted by Gasteiger charge is -2.12. The van der Waals surface area contributed by atoms with E-state index in [1.165, 1.54) is 41.2 Å². The average molecular weight is 608 g/mol. The zero-order chi connectivity index (χ0) is 29.5. The van der Waals surface area contributed by atoms with Gasteiger partial charge in [0.1, 0.15) is 32.8 Å². The molecule has 0 aliphatic carbocycles. The van der Waals surface area contributed by atoms with Crippen molar-refractivity contribution in [3.8, 4) is 16.9 Å². The number of nitrogens with zero attached hydrogens (tertiary/aromatic N) is 3. The smallest absolute Gasteiger partial charge is 0.433 e. The third-order valence-electron chi connectivity index (χ3n) is 5.70. The first-order chi connectivity index (χ1) is 19.4. The Kier molecular flexibility index (Phi) is 7.36. The fourth-order valence-electron chi connectivity index (χ4n) is 3.83. The van der Waals surface area contributed by atoms with Crippen LogP contribution in [-0.2, 0) is 12.9 Å². The summed E-state index contributed by atoms with van der Waals surface area (Å²) >= 11 is 6.30. The summed E-state index contributed by atoms with van der Waals surface area (Å²) in [5.74, 6) is -2.83. The number of benzene rings is 2. The third-order valence-corrected chi connectivity index (χ3v) is 7.09. The molecule has 3 heterocycles. The van der Waals surface area contributed by atoms with E-state index < -0.39 is 35.3 Å². The molecule has 5 rings (SSSR count). The molecular weight excluding hydrogens is 593 g/mol. The molecule has 0 bridgehead atoms. The fourth-order valence-corrected chi connectivity index (χ4v) is 5.01. The number of primary amides is 1. The lowest BCUT2D eigenvalue weighted by atomic mass is 10.0. The van der Waals surface area contributed by atoms with Crippen LogP contribution in [0.5, 0.6) is 5.75 Å². The van der Waals surface area contributed by atoms with E-state index in [2.05, 4.69) is 15.4 Å². The summed E-state index contributed by atoms with van der Waals surface area (Å²) in [6, 6.07) is 10.4. The molecule has 2 amide bonds. The number of alkyl halides is 3. The van der Waals surface area contributed by atoms with Crippen molar-refractivity contribution in [3.63, 3.8) is 0 Å². The van der Waals surface area contributed by atoms with E-state index >= 15 is 0 Å². The van der Waals surface area contributed by atoms with Crippen LogP contribution in [0, 0.1) is 11.6 Å². The van der Waals surface area contributed by atoms with E-state index in [-0.39, 0.29) is 55.1 Å². The normalized spacial score (nSPS) is 11.6. The van der Waals surface area contributed by atoms with Crippen molar-refractivity contribution in [3.05, 3.63) is 93.7 Å². The number of ether oxygens (including phenoxy) is 1. The molecule has 8 nitrogen and oxygen atoms in total. The molecule has 210 valence electrons. The number of nitrogens with one attached hydrogen (secondary N) is 1. The second-order valence-electron chi connectivity index (χ2n) is 8.45. The van der Waals surface area contributed by atoms with Crippen LogP contribution in [0.25, 0.3) is 21.3 Å². The van der Waals surface area contributed by atoms with Crippen molar-refractivity contribution in [2.45, 2.75) is 12.9 Å². The summed E-state index contributed by atoms with van der Waals surface area (Å²) in [7, 11) is 0. The maximum Gasteiger partial charge on any atom is 0.433 e. The van der Waals surface area contributed by atoms with Crippen LogP contribution in [0.2, 0.25) is 5.02 Å². The van der Waals surface area contributed by atoms with Gasteiger partial charge in [0.15, 0.2) is 12.4 Å². The van der Waals surface area contributed by atoms with Crippen LogP contribution in [0.3, 0.4) is 0 Å². The molecule has 0 unspecified atom stereocenters. The first kappa shape index (κ1) is 28.0. The number of amides is 2. The van der Waals surface area contributed by atoms with Crippen molar-refractivity contribution in [1.82, 2.24) is 14.8 Å². The lowest BCUT2D eigenvalue weighted by molar-refractivity contribution is -0.140. The van der Waals surface area contributed by atoms with Gasteiger partial charge in [0.05, 0.1) is 10.7 Å². The van der Waals surface area contributed by atoms with E-state index in [1.807, 2.05) is 0 Å². The van der Waals surface area contributed by atoms with Gasteiger partial charge in [0, 0.05) is 17.6 Å². The number of pyridine rings is 1. The molecule has 3 N–H and O–H groups in total. The van der Waals surface area contributed by atoms with Gasteiger partial charge in [-0.1, -0.05) is 23.7 Å². The largest absolute Gasteiger partial charge is 0.471 e. The van der Waals surface area contributed by atoms with Gasteiger partial charge < -0.3 is 15.8 Å². The number of hydrogen-bond donors (Lipinski definition) is 2. The minimum absolute atomic E-state index is 0.00714. The summed E-state index contributed by atoms with van der Waals surface area (Å²) in [5, 5.41) is 6.46. The van der Waals surface area contributed by atoms with Crippen LogP contribution >= 0.6 is 22.9 Å². The monoisotopic (exact) mass is 607 g/mol. The Bertz CT molecular complexity index is 1800. The second-order valence-corrected chi connectivity index (χ2v) is 9.86. The van der Waals surface area contributed by atoms with Gasteiger partial charge in [-0.25, -0.2) is 18.4 Å². The van der Waals surface area contributed by atoms with E-state index in [1.54, 1.807) is 0 Å². The van der Waals surface area contributed by atoms with Crippen LogP contribution in [0.4, 0.5) is 27.6 Å². The SMILES string of the molecule is NC(=O)c1sc2nc(C(F)(F)F)cc(-c3ccc(F)cc3)c2c1NC(=O)c1ccn(COc2ccc(F)c(Cl)c2)n1. The van der Waals surface area contributed by atoms with Gasteiger partial charge in [0.2, 0.25) is 0 Å². The number of fused-ring (bicyclic) bond motifs is 1. The molecule has 0 aliphatic heterocycles. The molecule has 0 spiro atoms. The molecule has 0 atom stereocenters. The molecular formula is C26H15ClF5N5O3S. The van der Waals surface area contributed by atoms with Crippen molar-refractivity contribution in [2.24, 2.45) is 5.73 Å². The van der Waals surface area contributed by atoms with Crippen molar-refractivity contribution >= 4 is 50.7 Å². The van der Waals surface area contributed by atoms with E-state index in [4.69, 9.17) is 22.1 Å². The van der Waals surface area contributed by atoms with Gasteiger partial charge in [-0.2, -0.15) is 18.3 Å². The number of aromatic nitrogens is 3. The number of nitrogens with two attached hydrogens (primary N) is 1. The van der Waals surface area contributed by atoms with Crippen molar-refractivity contribution < 1.29 is 36.3 Å². The molecule has 0 saturated heterocycles. The Labute approximate surface area is 236 Å². The van der Waals surface area contributed by atoms with Crippen molar-refractivity contribution in [1.29, 1.82) is 0 Å². The van der Waals surface area contributed by atoms with E-state index in [0.29, 0.717) is 11.3 Å². The number of anilines is 1. The second kappa shape index (κ2) is 10.8. The summed E-state index contributed by atoms with van der Waals surface area (Å²) in [6.45, 7) is -0.179. The quantitative estimate of drug-likeness (QED) is 0.205. The first-order valence-corrected chi connectivity index (χ1v) is 12.6. The molecule has 0 radical (unpaired) electrons. The maximum absolute atomic E-state index is 13.7. The third kappa shape index (κ3) is 5.83. The van der Waals surface area contributed by atoms with Gasteiger partial charge in [0.25, 0.3) is 11.8 Å². The van der Waals surface area contributed by atoms with Gasteiger partial charge in [-0.15, -0.1) is 11.3 Å². The summed E-state index contributed by atoms with van der Waals surface area (Å²) in [6.07, 6.45) is -3.43. The van der Waals surface area contributed by atoms with Crippen LogP contribution in [0.1, 0.15) is 25.9 Å². The highest BCUT2D eigenvalue weighted by Crippen LogP contribution is 2.43. The zero-order valence-corrected chi connectivity index (χ0v) is 21.9. The Morgan fingerprint density at radius 1 is 1.07 bits per heavy atom. The Balaban J connectivity index is 1.50. The minimum Gasteiger partial charge on any atom is -0.471 e. The molecule has 15 heteroatoms. The summed E-state index contributed by atoms with van der Waals surface area (Å²) < 4.78 is 74.6. The molecule has 3 aromatic heterocycles. The summed E-state index contributed by atoms with van der Waals surface area (Å²) in [4.78, 5) is 28.6. The van der Waals surface area contributed by atoms with Gasteiger partial charge >= 0.3 is 6.18 Å². The Morgan fingerprint density at radius 3 is 2.46 bits per heavy atom. The highest BCUT2D eigenvalue weighted by atomic mass is 35.5. The average Bonchev–Trinajstić information content (AvgIpc) is 3.54. The topological polar surface area (TPSA) is 112 Å². The fraction of sp³-hybridized carbons (Fsp3) is 0.0769. The zero-order valence-electron chi connectivity index (χ0n) is 20.3. The summed E-state index contributed by atoms with van der Waals surface area (Å²) in [5.41, 5.74) is 4.06. The van der Waals surface area contributed by atoms with Crippen LogP contribution < -0.4 is 15.8 Å². The van der Waals surface area contributed by atoms with Gasteiger partial charge in [-0.05, 0) is 47.5 Å². The maximum atomic E-state index is 13.7. The number of halogens is 6. The number of carbonyl (C=O) groups excluding carboxylic acids is 2. The molecule has 0 aliphatic rings. The Morgan fingerprint density at radius 2 is 1.80 bits per heavy atom. The van der Waals surface area contributed by atoms with Crippen LogP contribution in [-0.4, -0.2) is 26.6 Å². The number of thiophene rings is 1. The number of rotatable bonds is 7. The highest BCUT2D eigenvalue weighted by Gasteiger charge is 2.35. The highest BCUT2D eigenvalue weighted by molar-refractivity contribution is 7.21. The standard InChI is InChI=1S/C26H15ClF5N5O3S/c27-16-9-14(5-6-17(16)29)40-11-37-8-7-18(36-37)24(39)35-21-20-15(12-1-3-13(28)4-2-12)10-19(26(30,31)32)34-25(20)41-22(21)23(33)38/h1-10H,11H2,(H2,33,38)(H,35,39). The molecule has 2 aromatic carbocycles. The number of hydrogen-bond acceptors (Lipinski definition) is 6. The predicted octanol–water partition coefficient (Wildman–Crippen LogP) is 6.50. The van der Waals surface area contributed by atoms with Gasteiger partial charge in [-0.3, -0.25) is 9.59 Å². The first-order valence-electron chi connectivity index (χ1n) is 11.4.